The molecule has 5 N–H and O–H groups in total. The highest BCUT2D eigenvalue weighted by Crippen LogP contribution is 2.35. The number of hydrogen-bond acceptors (Lipinski definition) is 12. The number of unbranched alkanes of at least 4 members (excludes halogenated alkanes) is 1. The molecule has 0 unspecified atom stereocenters. The number of aromatic nitrogens is 2. The van der Waals surface area contributed by atoms with Gasteiger partial charge in [-0.05, 0) is 142 Å². The highest BCUT2D eigenvalue weighted by atomic mass is 32.1. The van der Waals surface area contributed by atoms with Gasteiger partial charge in [0.2, 0.25) is 17.7 Å². The van der Waals surface area contributed by atoms with Crippen molar-refractivity contribution < 1.29 is 33.7 Å². The normalized spacial score (nSPS) is 17.0. The molecule has 2 aliphatic heterocycles. The summed E-state index contributed by atoms with van der Waals surface area (Å²) in [6.45, 7) is 21.7. The van der Waals surface area contributed by atoms with Crippen LogP contribution in [0.25, 0.3) is 21.6 Å². The summed E-state index contributed by atoms with van der Waals surface area (Å²) < 4.78 is 17.6. The number of thiazole rings is 1. The number of amides is 3. The van der Waals surface area contributed by atoms with Gasteiger partial charge in [-0.3, -0.25) is 19.2 Å². The van der Waals surface area contributed by atoms with Gasteiger partial charge in [-0.25, -0.2) is 4.98 Å². The zero-order valence-corrected chi connectivity index (χ0v) is 45.6. The molecule has 2 aromatic heterocycles. The molecule has 0 radical (unpaired) electrons. The van der Waals surface area contributed by atoms with Gasteiger partial charge >= 0.3 is 0 Å². The van der Waals surface area contributed by atoms with Crippen molar-refractivity contribution in [3.05, 3.63) is 122 Å². The first-order chi connectivity index (χ1) is 35.4. The Balaban J connectivity index is 0.882. The molecule has 0 aliphatic carbocycles. The molecular formula is C58H77N7O8S. The van der Waals surface area contributed by atoms with Crippen molar-refractivity contribution >= 4 is 34.7 Å². The Kier molecular flexibility index (Phi) is 19.3. The number of anilines is 1. The average molecular weight is 1030 g/mol. The number of carbonyl (C=O) groups is 3. The second-order valence-electron chi connectivity index (χ2n) is 21.0. The topological polar surface area (TPSA) is 187 Å². The first-order valence-electron chi connectivity index (χ1n) is 26.2. The van der Waals surface area contributed by atoms with Crippen molar-refractivity contribution in [2.24, 2.45) is 5.41 Å². The van der Waals surface area contributed by atoms with Crippen molar-refractivity contribution in [1.82, 2.24) is 30.8 Å². The molecule has 4 heterocycles. The number of H-pyrrole nitrogens is 1. The maximum Gasteiger partial charge on any atom is 0.252 e. The molecule has 16 heteroatoms. The molecule has 5 aromatic rings. The van der Waals surface area contributed by atoms with Crippen LogP contribution in [0, 0.1) is 33.1 Å². The van der Waals surface area contributed by atoms with E-state index in [1.54, 1.807) is 11.3 Å². The Labute approximate surface area is 440 Å². The minimum atomic E-state index is -0.957. The summed E-state index contributed by atoms with van der Waals surface area (Å²) in [6, 6.07) is 20.9. The van der Waals surface area contributed by atoms with Gasteiger partial charge in [-0.15, -0.1) is 11.3 Å². The second kappa shape index (κ2) is 25.6. The number of aliphatic hydroxyl groups is 1. The smallest absolute Gasteiger partial charge is 0.252 e. The summed E-state index contributed by atoms with van der Waals surface area (Å²) in [5, 5.41) is 20.2. The van der Waals surface area contributed by atoms with Gasteiger partial charge in [-0.2, -0.15) is 0 Å². The van der Waals surface area contributed by atoms with Crippen LogP contribution in [0.4, 0.5) is 5.69 Å². The Morgan fingerprint density at radius 3 is 2.30 bits per heavy atom. The number of aromatic amines is 1. The fourth-order valence-corrected chi connectivity index (χ4v) is 10.9. The number of carbonyl (C=O) groups excluding carboxylic acids is 3. The summed E-state index contributed by atoms with van der Waals surface area (Å²) in [5.41, 5.74) is 12.4. The summed E-state index contributed by atoms with van der Waals surface area (Å²) in [5.74, 6) is -0.475. The number of pyridine rings is 1. The summed E-state index contributed by atoms with van der Waals surface area (Å²) in [4.78, 5) is 66.2. The van der Waals surface area contributed by atoms with Crippen LogP contribution >= 0.6 is 11.3 Å². The predicted molar refractivity (Wildman–Crippen MR) is 292 cm³/mol. The van der Waals surface area contributed by atoms with Crippen molar-refractivity contribution in [2.45, 2.75) is 138 Å². The molecule has 0 bridgehead atoms. The van der Waals surface area contributed by atoms with Gasteiger partial charge in [0, 0.05) is 75.4 Å². The third kappa shape index (κ3) is 14.3. The van der Waals surface area contributed by atoms with Gasteiger partial charge in [0.15, 0.2) is 0 Å². The Morgan fingerprint density at radius 2 is 1.64 bits per heavy atom. The monoisotopic (exact) mass is 1030 g/mol. The molecule has 0 saturated carbocycles. The number of ether oxygens (including phenoxy) is 3. The number of aliphatic hydroxyl groups excluding tert-OH is 1. The lowest BCUT2D eigenvalue weighted by Gasteiger charge is -2.37. The lowest BCUT2D eigenvalue weighted by molar-refractivity contribution is -0.144. The van der Waals surface area contributed by atoms with Crippen LogP contribution in [0.3, 0.4) is 0 Å². The molecule has 2 saturated heterocycles. The van der Waals surface area contributed by atoms with E-state index in [1.807, 2.05) is 96.4 Å². The zero-order chi connectivity index (χ0) is 53.1. The van der Waals surface area contributed by atoms with Gasteiger partial charge in [0.05, 0.1) is 34.8 Å². The standard InChI is InChI=1S/C58H77N7O8S/c1-10-64(46-21-25-71-26-22-46)50-29-44(28-45(38(50)4)31-59-32-49-36(2)27-37(3)61-55(49)68)42-17-19-48(20-18-42)73-24-12-11-23-72-34-52(67)63-54(58(7,8)9)57(70)65-33-47(66)30-51(65)56(69)62-39(5)41-13-15-43(16-14-41)53-40(6)60-35-74-53/h13-20,27-29,35,39,46-47,51,54,59,66H,10-12,21-26,30-34H2,1-9H3,(H,61,68)(H,62,69)(H,63,67)/t39-,47+,51-,54+/m0/s1. The SMILES string of the molecule is CCN(c1cc(-c2ccc(OCCCCOCC(=O)N[C@H](C(=O)N3C[C@H](O)C[C@H]3C(=O)N[C@@H](C)c3ccc(-c4scnc4C)cc3)C(C)(C)C)cc2)cc(CNCc2c(C)cc(C)[nH]c2=O)c1C)C1CCOCC1. The van der Waals surface area contributed by atoms with Crippen LogP contribution in [0.5, 0.6) is 5.75 Å². The van der Waals surface area contributed by atoms with Crippen LogP contribution < -0.4 is 31.1 Å². The van der Waals surface area contributed by atoms with Crippen molar-refractivity contribution in [2.75, 3.05) is 51.0 Å². The maximum absolute atomic E-state index is 14.2. The van der Waals surface area contributed by atoms with E-state index in [4.69, 9.17) is 14.2 Å². The van der Waals surface area contributed by atoms with Gasteiger partial charge in [-0.1, -0.05) is 57.2 Å². The first-order valence-corrected chi connectivity index (χ1v) is 27.1. The molecule has 0 spiro atoms. The molecule has 3 aromatic carbocycles. The number of aryl methyl sites for hydroxylation is 3. The Bertz CT molecular complexity index is 2750. The molecule has 7 rings (SSSR count). The third-order valence-electron chi connectivity index (χ3n) is 14.3. The summed E-state index contributed by atoms with van der Waals surface area (Å²) in [6.07, 6.45) is 2.55. The quantitative estimate of drug-likeness (QED) is 0.0421. The number of nitrogens with zero attached hydrogens (tertiary/aromatic N) is 3. The van der Waals surface area contributed by atoms with E-state index in [-0.39, 0.29) is 37.1 Å². The van der Waals surface area contributed by atoms with E-state index < -0.39 is 35.4 Å². The third-order valence-corrected chi connectivity index (χ3v) is 15.3. The van der Waals surface area contributed by atoms with Crippen LogP contribution in [-0.2, 0) is 36.9 Å². The predicted octanol–water partition coefficient (Wildman–Crippen LogP) is 8.24. The van der Waals surface area contributed by atoms with Gasteiger partial charge < -0.3 is 50.1 Å². The van der Waals surface area contributed by atoms with Crippen molar-refractivity contribution in [3.63, 3.8) is 0 Å². The van der Waals surface area contributed by atoms with E-state index >= 15 is 0 Å². The molecule has 398 valence electrons. The molecule has 2 fully saturated rings. The molecule has 15 nitrogen and oxygen atoms in total. The zero-order valence-electron chi connectivity index (χ0n) is 44.8. The highest BCUT2D eigenvalue weighted by Gasteiger charge is 2.44. The largest absolute Gasteiger partial charge is 0.494 e. The van der Waals surface area contributed by atoms with Crippen LogP contribution in [0.1, 0.15) is 112 Å². The van der Waals surface area contributed by atoms with Crippen LogP contribution in [-0.4, -0.2) is 108 Å². The van der Waals surface area contributed by atoms with Gasteiger partial charge in [0.1, 0.15) is 24.4 Å². The molecule has 74 heavy (non-hydrogen) atoms. The number of likely N-dealkylation sites (tertiary alicyclic amines) is 1. The Hall–Kier alpha value is -5.91. The molecular weight excluding hydrogens is 955 g/mol. The number of benzene rings is 3. The lowest BCUT2D eigenvalue weighted by atomic mass is 9.85. The van der Waals surface area contributed by atoms with E-state index in [1.165, 1.54) is 21.7 Å². The Morgan fingerprint density at radius 1 is 0.932 bits per heavy atom. The van der Waals surface area contributed by atoms with Crippen LogP contribution in [0.2, 0.25) is 0 Å². The average Bonchev–Trinajstić information content (AvgIpc) is 3.99. The lowest BCUT2D eigenvalue weighted by Crippen LogP contribution is -2.58. The number of β-amino-alcohol motifs (C(OH)–C–C–N with tert-alkyl or cyclic N) is 1. The maximum atomic E-state index is 14.2. The second-order valence-corrected chi connectivity index (χ2v) is 21.8. The van der Waals surface area contributed by atoms with E-state index in [2.05, 4.69) is 68.9 Å². The van der Waals surface area contributed by atoms with Crippen molar-refractivity contribution in [1.29, 1.82) is 0 Å². The van der Waals surface area contributed by atoms with E-state index in [0.29, 0.717) is 45.2 Å². The molecule has 3 amide bonds. The fourth-order valence-electron chi connectivity index (χ4n) is 10.1. The first kappa shape index (κ1) is 55.8. The number of rotatable bonds is 22. The minimum Gasteiger partial charge on any atom is -0.494 e. The molecule has 4 atom stereocenters. The minimum absolute atomic E-state index is 0.0121. The van der Waals surface area contributed by atoms with Crippen LogP contribution in [0.15, 0.2) is 77.0 Å². The van der Waals surface area contributed by atoms with E-state index in [0.717, 1.165) is 88.0 Å². The van der Waals surface area contributed by atoms with Gasteiger partial charge in [0.25, 0.3) is 5.56 Å². The van der Waals surface area contributed by atoms with Crippen molar-refractivity contribution in [3.8, 4) is 27.3 Å². The van der Waals surface area contributed by atoms with E-state index in [9.17, 15) is 24.3 Å². The fraction of sp³-hybridized carbons (Fsp3) is 0.500. The summed E-state index contributed by atoms with van der Waals surface area (Å²) in [7, 11) is 0. The number of nitrogens with one attached hydrogen (secondary N) is 4. The molecule has 2 aliphatic rings. The highest BCUT2D eigenvalue weighted by molar-refractivity contribution is 7.13. The summed E-state index contributed by atoms with van der Waals surface area (Å²) >= 11 is 1.58. The number of hydrogen-bond donors (Lipinski definition) is 5.